The lowest BCUT2D eigenvalue weighted by atomic mass is 9.86. The van der Waals surface area contributed by atoms with Crippen molar-refractivity contribution in [1.29, 1.82) is 0 Å². The predicted molar refractivity (Wildman–Crippen MR) is 52.2 cm³/mol. The van der Waals surface area contributed by atoms with Crippen LogP contribution in [0.2, 0.25) is 0 Å². The number of hydrogen-bond donors (Lipinski definition) is 1. The van der Waals surface area contributed by atoms with E-state index in [9.17, 15) is 0 Å². The van der Waals surface area contributed by atoms with E-state index in [2.05, 4.69) is 33.1 Å². The van der Waals surface area contributed by atoms with Crippen LogP contribution in [0.3, 0.4) is 0 Å². The highest BCUT2D eigenvalue weighted by Gasteiger charge is 2.20. The molecule has 0 aliphatic heterocycles. The molecule has 1 rings (SSSR count). The maximum atomic E-state index is 5.85. The van der Waals surface area contributed by atoms with Crippen LogP contribution < -0.4 is 5.73 Å². The zero-order valence-corrected chi connectivity index (χ0v) is 8.38. The van der Waals surface area contributed by atoms with Crippen LogP contribution in [0.25, 0.3) is 0 Å². The summed E-state index contributed by atoms with van der Waals surface area (Å²) in [6.07, 6.45) is 0. The summed E-state index contributed by atoms with van der Waals surface area (Å²) in [4.78, 5) is 0. The van der Waals surface area contributed by atoms with Gasteiger partial charge in [0.1, 0.15) is 0 Å². The van der Waals surface area contributed by atoms with Gasteiger partial charge in [-0.05, 0) is 28.8 Å². The SMILES string of the molecule is Cc1csc(N)c1C(C)(C)C. The normalized spacial score (nSPS) is 12.0. The van der Waals surface area contributed by atoms with Gasteiger partial charge in [0.2, 0.25) is 0 Å². The highest BCUT2D eigenvalue weighted by molar-refractivity contribution is 7.14. The number of aryl methyl sites for hydroxylation is 1. The predicted octanol–water partition coefficient (Wildman–Crippen LogP) is 2.94. The van der Waals surface area contributed by atoms with E-state index in [0.717, 1.165) is 5.00 Å². The fourth-order valence-electron chi connectivity index (χ4n) is 1.43. The van der Waals surface area contributed by atoms with E-state index >= 15 is 0 Å². The van der Waals surface area contributed by atoms with Crippen molar-refractivity contribution in [3.63, 3.8) is 0 Å². The molecular formula is C9H15NS. The molecule has 2 N–H and O–H groups in total. The van der Waals surface area contributed by atoms with Crippen molar-refractivity contribution in [3.8, 4) is 0 Å². The van der Waals surface area contributed by atoms with Gasteiger partial charge in [-0.3, -0.25) is 0 Å². The maximum absolute atomic E-state index is 5.85. The molecule has 0 aromatic carbocycles. The molecule has 1 aromatic heterocycles. The first-order valence-electron chi connectivity index (χ1n) is 3.77. The first-order chi connectivity index (χ1) is 4.93. The van der Waals surface area contributed by atoms with E-state index in [1.807, 2.05) is 0 Å². The molecule has 0 saturated carbocycles. The fraction of sp³-hybridized carbons (Fsp3) is 0.556. The lowest BCUT2D eigenvalue weighted by Crippen LogP contribution is -2.13. The lowest BCUT2D eigenvalue weighted by molar-refractivity contribution is 0.591. The summed E-state index contributed by atoms with van der Waals surface area (Å²) in [5.74, 6) is 0. The third-order valence-electron chi connectivity index (χ3n) is 1.75. The van der Waals surface area contributed by atoms with Gasteiger partial charge in [-0.1, -0.05) is 20.8 Å². The topological polar surface area (TPSA) is 26.0 Å². The Balaban J connectivity index is 3.21. The van der Waals surface area contributed by atoms with Crippen LogP contribution in [-0.4, -0.2) is 0 Å². The van der Waals surface area contributed by atoms with Crippen molar-refractivity contribution in [1.82, 2.24) is 0 Å². The third-order valence-corrected chi connectivity index (χ3v) is 2.68. The summed E-state index contributed by atoms with van der Waals surface area (Å²) < 4.78 is 0. The molecule has 0 spiro atoms. The van der Waals surface area contributed by atoms with E-state index in [-0.39, 0.29) is 5.41 Å². The molecule has 1 nitrogen and oxygen atoms in total. The first kappa shape index (κ1) is 8.60. The van der Waals surface area contributed by atoms with Crippen molar-refractivity contribution in [2.24, 2.45) is 0 Å². The molecule has 2 heteroatoms. The summed E-state index contributed by atoms with van der Waals surface area (Å²) in [6, 6.07) is 0. The van der Waals surface area contributed by atoms with Gasteiger partial charge < -0.3 is 5.73 Å². The molecule has 0 bridgehead atoms. The van der Waals surface area contributed by atoms with Crippen LogP contribution in [0.1, 0.15) is 31.9 Å². The Bertz CT molecular complexity index is 236. The number of thiophene rings is 1. The van der Waals surface area contributed by atoms with E-state index in [1.54, 1.807) is 11.3 Å². The summed E-state index contributed by atoms with van der Waals surface area (Å²) in [6.45, 7) is 8.70. The maximum Gasteiger partial charge on any atom is 0.0897 e. The van der Waals surface area contributed by atoms with Gasteiger partial charge in [-0.25, -0.2) is 0 Å². The zero-order chi connectivity index (χ0) is 8.65. The van der Waals surface area contributed by atoms with Gasteiger partial charge in [0, 0.05) is 0 Å². The third kappa shape index (κ3) is 1.56. The second-order valence-electron chi connectivity index (χ2n) is 3.91. The minimum atomic E-state index is 0.189. The van der Waals surface area contributed by atoms with Gasteiger partial charge in [0.25, 0.3) is 0 Å². The van der Waals surface area contributed by atoms with Crippen molar-refractivity contribution in [3.05, 3.63) is 16.5 Å². The van der Waals surface area contributed by atoms with Gasteiger partial charge in [-0.2, -0.15) is 0 Å². The van der Waals surface area contributed by atoms with Crippen LogP contribution >= 0.6 is 11.3 Å². The Labute approximate surface area is 72.2 Å². The number of nitrogen functional groups attached to an aromatic ring is 1. The molecular weight excluding hydrogens is 154 g/mol. The van der Waals surface area contributed by atoms with E-state index in [1.165, 1.54) is 11.1 Å². The smallest absolute Gasteiger partial charge is 0.0897 e. The van der Waals surface area contributed by atoms with Crippen LogP contribution in [-0.2, 0) is 5.41 Å². The summed E-state index contributed by atoms with van der Waals surface area (Å²) in [5.41, 5.74) is 8.66. The molecule has 1 aromatic rings. The molecule has 0 saturated heterocycles. The standard InChI is InChI=1S/C9H15NS/c1-6-5-11-8(10)7(6)9(2,3)4/h5H,10H2,1-4H3. The van der Waals surface area contributed by atoms with Crippen molar-refractivity contribution >= 4 is 16.3 Å². The number of anilines is 1. The Morgan fingerprint density at radius 1 is 1.36 bits per heavy atom. The molecule has 0 aliphatic carbocycles. The number of hydrogen-bond acceptors (Lipinski definition) is 2. The molecule has 0 amide bonds. The average molecular weight is 169 g/mol. The van der Waals surface area contributed by atoms with Gasteiger partial charge in [-0.15, -0.1) is 11.3 Å². The summed E-state index contributed by atoms with van der Waals surface area (Å²) in [7, 11) is 0. The van der Waals surface area contributed by atoms with Crippen LogP contribution in [0.5, 0.6) is 0 Å². The van der Waals surface area contributed by atoms with Crippen LogP contribution in [0, 0.1) is 6.92 Å². The Hall–Kier alpha value is -0.500. The highest BCUT2D eigenvalue weighted by atomic mass is 32.1. The van der Waals surface area contributed by atoms with Crippen LogP contribution in [0.15, 0.2) is 5.38 Å². The van der Waals surface area contributed by atoms with Gasteiger partial charge >= 0.3 is 0 Å². The molecule has 0 unspecified atom stereocenters. The molecule has 0 radical (unpaired) electrons. The van der Waals surface area contributed by atoms with Gasteiger partial charge in [0.15, 0.2) is 0 Å². The van der Waals surface area contributed by atoms with Crippen molar-refractivity contribution < 1.29 is 0 Å². The molecule has 1 heterocycles. The minimum absolute atomic E-state index is 0.189. The quantitative estimate of drug-likeness (QED) is 0.635. The molecule has 62 valence electrons. The largest absolute Gasteiger partial charge is 0.390 e. The summed E-state index contributed by atoms with van der Waals surface area (Å²) in [5, 5.41) is 3.09. The number of nitrogens with two attached hydrogens (primary N) is 1. The molecule has 11 heavy (non-hydrogen) atoms. The Morgan fingerprint density at radius 3 is 2.09 bits per heavy atom. The van der Waals surface area contributed by atoms with E-state index in [4.69, 9.17) is 5.73 Å². The second kappa shape index (κ2) is 2.52. The van der Waals surface area contributed by atoms with E-state index in [0.29, 0.717) is 0 Å². The second-order valence-corrected chi connectivity index (χ2v) is 4.82. The Kier molecular flexibility index (Phi) is 1.97. The number of rotatable bonds is 0. The Morgan fingerprint density at radius 2 is 1.91 bits per heavy atom. The average Bonchev–Trinajstić information content (AvgIpc) is 2.08. The van der Waals surface area contributed by atoms with Crippen LogP contribution in [0.4, 0.5) is 5.00 Å². The van der Waals surface area contributed by atoms with Gasteiger partial charge in [0.05, 0.1) is 5.00 Å². The molecule has 0 aliphatic rings. The first-order valence-corrected chi connectivity index (χ1v) is 4.65. The van der Waals surface area contributed by atoms with Crippen molar-refractivity contribution in [2.75, 3.05) is 5.73 Å². The summed E-state index contributed by atoms with van der Waals surface area (Å²) >= 11 is 1.64. The van der Waals surface area contributed by atoms with Crippen molar-refractivity contribution in [2.45, 2.75) is 33.1 Å². The molecule has 0 fully saturated rings. The minimum Gasteiger partial charge on any atom is -0.390 e. The zero-order valence-electron chi connectivity index (χ0n) is 7.56. The highest BCUT2D eigenvalue weighted by Crippen LogP contribution is 2.34. The lowest BCUT2D eigenvalue weighted by Gasteiger charge is -2.19. The fourth-order valence-corrected chi connectivity index (χ4v) is 2.43. The molecule has 0 atom stereocenters. The van der Waals surface area contributed by atoms with E-state index < -0.39 is 0 Å². The monoisotopic (exact) mass is 169 g/mol.